The predicted octanol–water partition coefficient (Wildman–Crippen LogP) is 2.07. The highest BCUT2D eigenvalue weighted by molar-refractivity contribution is 4.83. The van der Waals surface area contributed by atoms with E-state index in [4.69, 9.17) is 0 Å². The maximum atomic E-state index is 4.28. The van der Waals surface area contributed by atoms with Gasteiger partial charge >= 0.3 is 0 Å². The van der Waals surface area contributed by atoms with Crippen LogP contribution in [0.5, 0.6) is 0 Å². The number of hydrogen-bond donors (Lipinski definition) is 1. The smallest absolute Gasteiger partial charge is 0.140 e. The summed E-state index contributed by atoms with van der Waals surface area (Å²) < 4.78 is 2.01. The average molecular weight is 224 g/mol. The van der Waals surface area contributed by atoms with Crippen LogP contribution in [0.15, 0.2) is 6.33 Å². The van der Waals surface area contributed by atoms with Crippen molar-refractivity contribution in [3.05, 3.63) is 12.2 Å². The molecule has 1 rings (SSSR count). The highest BCUT2D eigenvalue weighted by atomic mass is 15.3. The molecule has 0 fully saturated rings. The second-order valence-corrected chi connectivity index (χ2v) is 5.11. The molecule has 1 aromatic heterocycles. The van der Waals surface area contributed by atoms with Gasteiger partial charge < -0.3 is 5.32 Å². The molecule has 1 aromatic rings. The Hall–Kier alpha value is -0.900. The minimum Gasteiger partial charge on any atom is -0.310 e. The van der Waals surface area contributed by atoms with Crippen LogP contribution in [0.1, 0.15) is 39.9 Å². The fraction of sp³-hybridized carbons (Fsp3) is 0.833. The second-order valence-electron chi connectivity index (χ2n) is 5.11. The number of nitrogens with one attached hydrogen (secondary N) is 1. The van der Waals surface area contributed by atoms with Gasteiger partial charge in [-0.1, -0.05) is 27.7 Å². The van der Waals surface area contributed by atoms with Crippen molar-refractivity contribution in [3.63, 3.8) is 0 Å². The third kappa shape index (κ3) is 4.75. The standard InChI is InChI=1S/C12H24N4/c1-10(2)5-6-16-12(14-9-15-16)8-13-7-11(3)4/h9-11,13H,5-8H2,1-4H3. The molecule has 92 valence electrons. The molecule has 0 unspecified atom stereocenters. The maximum Gasteiger partial charge on any atom is 0.140 e. The molecule has 0 saturated carbocycles. The SMILES string of the molecule is CC(C)CCn1ncnc1CNCC(C)C. The number of hydrogen-bond acceptors (Lipinski definition) is 3. The summed E-state index contributed by atoms with van der Waals surface area (Å²) in [4.78, 5) is 4.28. The van der Waals surface area contributed by atoms with Crippen molar-refractivity contribution in [2.45, 2.75) is 47.2 Å². The van der Waals surface area contributed by atoms with Crippen LogP contribution >= 0.6 is 0 Å². The van der Waals surface area contributed by atoms with Gasteiger partial charge in [-0.2, -0.15) is 5.10 Å². The van der Waals surface area contributed by atoms with E-state index in [2.05, 4.69) is 43.1 Å². The van der Waals surface area contributed by atoms with Crippen LogP contribution in [-0.2, 0) is 13.1 Å². The Labute approximate surface area is 98.5 Å². The van der Waals surface area contributed by atoms with Crippen molar-refractivity contribution in [1.82, 2.24) is 20.1 Å². The van der Waals surface area contributed by atoms with E-state index < -0.39 is 0 Å². The Morgan fingerprint density at radius 2 is 2.00 bits per heavy atom. The van der Waals surface area contributed by atoms with E-state index in [0.29, 0.717) is 11.8 Å². The van der Waals surface area contributed by atoms with Gasteiger partial charge in [-0.25, -0.2) is 9.67 Å². The summed E-state index contributed by atoms with van der Waals surface area (Å²) in [5.41, 5.74) is 0. The zero-order valence-corrected chi connectivity index (χ0v) is 10.9. The molecule has 0 aliphatic heterocycles. The van der Waals surface area contributed by atoms with Crippen LogP contribution in [0.2, 0.25) is 0 Å². The van der Waals surface area contributed by atoms with Gasteiger partial charge in [-0.15, -0.1) is 0 Å². The zero-order chi connectivity index (χ0) is 12.0. The lowest BCUT2D eigenvalue weighted by Gasteiger charge is -2.09. The Bertz CT molecular complexity index is 291. The largest absolute Gasteiger partial charge is 0.310 e. The summed E-state index contributed by atoms with van der Waals surface area (Å²) in [5.74, 6) is 2.43. The first-order valence-electron chi connectivity index (χ1n) is 6.17. The van der Waals surface area contributed by atoms with Crippen molar-refractivity contribution in [2.75, 3.05) is 6.54 Å². The molecule has 0 atom stereocenters. The van der Waals surface area contributed by atoms with Crippen molar-refractivity contribution in [3.8, 4) is 0 Å². The van der Waals surface area contributed by atoms with Crippen molar-refractivity contribution in [1.29, 1.82) is 0 Å². The lowest BCUT2D eigenvalue weighted by Crippen LogP contribution is -2.22. The van der Waals surface area contributed by atoms with Crippen molar-refractivity contribution in [2.24, 2.45) is 11.8 Å². The van der Waals surface area contributed by atoms with Crippen LogP contribution in [0.25, 0.3) is 0 Å². The van der Waals surface area contributed by atoms with E-state index >= 15 is 0 Å². The molecule has 4 heteroatoms. The molecule has 0 spiro atoms. The van der Waals surface area contributed by atoms with E-state index in [1.165, 1.54) is 0 Å². The van der Waals surface area contributed by atoms with Gasteiger partial charge in [0, 0.05) is 6.54 Å². The quantitative estimate of drug-likeness (QED) is 0.771. The molecular formula is C12H24N4. The van der Waals surface area contributed by atoms with Crippen molar-refractivity contribution >= 4 is 0 Å². The first-order chi connectivity index (χ1) is 7.59. The van der Waals surface area contributed by atoms with E-state index in [0.717, 1.165) is 31.9 Å². The molecule has 0 saturated heterocycles. The lowest BCUT2D eigenvalue weighted by molar-refractivity contribution is 0.459. The van der Waals surface area contributed by atoms with E-state index in [1.807, 2.05) is 4.68 Å². The molecule has 4 nitrogen and oxygen atoms in total. The summed E-state index contributed by atoms with van der Waals surface area (Å²) >= 11 is 0. The van der Waals surface area contributed by atoms with E-state index in [9.17, 15) is 0 Å². The van der Waals surface area contributed by atoms with Crippen LogP contribution < -0.4 is 5.32 Å². The lowest BCUT2D eigenvalue weighted by atomic mass is 10.1. The highest BCUT2D eigenvalue weighted by Gasteiger charge is 2.04. The monoisotopic (exact) mass is 224 g/mol. The molecule has 0 aromatic carbocycles. The Kier molecular flexibility index (Phi) is 5.46. The normalized spacial score (nSPS) is 11.6. The average Bonchev–Trinajstić information content (AvgIpc) is 2.62. The summed E-state index contributed by atoms with van der Waals surface area (Å²) in [5, 5.41) is 7.64. The first-order valence-corrected chi connectivity index (χ1v) is 6.17. The highest BCUT2D eigenvalue weighted by Crippen LogP contribution is 2.03. The number of aromatic nitrogens is 3. The van der Waals surface area contributed by atoms with Gasteiger partial charge in [0.1, 0.15) is 12.2 Å². The molecule has 0 aliphatic rings. The first kappa shape index (κ1) is 13.2. The van der Waals surface area contributed by atoms with Gasteiger partial charge in [0.05, 0.1) is 6.54 Å². The summed E-state index contributed by atoms with van der Waals surface area (Å²) in [6.07, 6.45) is 2.80. The molecule has 0 radical (unpaired) electrons. The molecule has 16 heavy (non-hydrogen) atoms. The third-order valence-corrected chi connectivity index (χ3v) is 2.45. The molecule has 1 heterocycles. The fourth-order valence-electron chi connectivity index (χ4n) is 1.46. The molecular weight excluding hydrogens is 200 g/mol. The second kappa shape index (κ2) is 6.63. The van der Waals surface area contributed by atoms with E-state index in [-0.39, 0.29) is 0 Å². The molecule has 1 N–H and O–H groups in total. The summed E-state index contributed by atoms with van der Waals surface area (Å²) in [6, 6.07) is 0. The Morgan fingerprint density at radius 1 is 1.25 bits per heavy atom. The minimum absolute atomic E-state index is 0.673. The molecule has 0 aliphatic carbocycles. The van der Waals surface area contributed by atoms with Crippen molar-refractivity contribution < 1.29 is 0 Å². The Balaban J connectivity index is 2.38. The van der Waals surface area contributed by atoms with Crippen LogP contribution in [0.4, 0.5) is 0 Å². The zero-order valence-electron chi connectivity index (χ0n) is 10.9. The van der Waals surface area contributed by atoms with E-state index in [1.54, 1.807) is 6.33 Å². The number of rotatable bonds is 7. The minimum atomic E-state index is 0.673. The summed E-state index contributed by atoms with van der Waals surface area (Å²) in [7, 11) is 0. The van der Waals surface area contributed by atoms with Crippen LogP contribution in [0.3, 0.4) is 0 Å². The van der Waals surface area contributed by atoms with Gasteiger partial charge in [-0.05, 0) is 24.8 Å². The van der Waals surface area contributed by atoms with Gasteiger partial charge in [0.15, 0.2) is 0 Å². The fourth-order valence-corrected chi connectivity index (χ4v) is 1.46. The molecule has 0 amide bonds. The van der Waals surface area contributed by atoms with Gasteiger partial charge in [-0.3, -0.25) is 0 Å². The summed E-state index contributed by atoms with van der Waals surface area (Å²) in [6.45, 7) is 11.7. The third-order valence-electron chi connectivity index (χ3n) is 2.45. The topological polar surface area (TPSA) is 42.7 Å². The van der Waals surface area contributed by atoms with Crippen LogP contribution in [-0.4, -0.2) is 21.3 Å². The Morgan fingerprint density at radius 3 is 2.62 bits per heavy atom. The number of aryl methyl sites for hydroxylation is 1. The molecule has 0 bridgehead atoms. The number of nitrogens with zero attached hydrogens (tertiary/aromatic N) is 3. The predicted molar refractivity (Wildman–Crippen MR) is 66.0 cm³/mol. The maximum absolute atomic E-state index is 4.28. The van der Waals surface area contributed by atoms with Crippen LogP contribution in [0, 0.1) is 11.8 Å². The van der Waals surface area contributed by atoms with Gasteiger partial charge in [0.25, 0.3) is 0 Å². The van der Waals surface area contributed by atoms with Gasteiger partial charge in [0.2, 0.25) is 0 Å².